The summed E-state index contributed by atoms with van der Waals surface area (Å²) in [6.07, 6.45) is 2.03. The zero-order chi connectivity index (χ0) is 16.8. The molecule has 5 heteroatoms. The average Bonchev–Trinajstić information content (AvgIpc) is 2.55. The van der Waals surface area contributed by atoms with Gasteiger partial charge in [0.1, 0.15) is 5.75 Å². The highest BCUT2D eigenvalue weighted by Gasteiger charge is 2.24. The van der Waals surface area contributed by atoms with Crippen LogP contribution in [0.2, 0.25) is 0 Å². The third-order valence-corrected chi connectivity index (χ3v) is 4.21. The molecule has 1 N–H and O–H groups in total. The minimum absolute atomic E-state index is 0.00252. The monoisotopic (exact) mass is 318 g/mol. The van der Waals surface area contributed by atoms with Crippen LogP contribution in [-0.2, 0) is 16.0 Å². The maximum Gasteiger partial charge on any atom is 0.226 e. The lowest BCUT2D eigenvalue weighted by Gasteiger charge is -2.32. The molecule has 0 unspecified atom stereocenters. The smallest absolute Gasteiger partial charge is 0.226 e. The van der Waals surface area contributed by atoms with Crippen molar-refractivity contribution in [2.24, 2.45) is 5.92 Å². The number of hydrogen-bond acceptors (Lipinski definition) is 3. The highest BCUT2D eigenvalue weighted by atomic mass is 16.5. The molecular weight excluding hydrogens is 292 g/mol. The summed E-state index contributed by atoms with van der Waals surface area (Å²) >= 11 is 0. The number of nitrogens with zero attached hydrogens (tertiary/aromatic N) is 1. The van der Waals surface area contributed by atoms with Crippen LogP contribution in [0, 0.1) is 5.92 Å². The predicted octanol–water partition coefficient (Wildman–Crippen LogP) is 2.00. The Kier molecular flexibility index (Phi) is 6.02. The molecule has 1 aliphatic rings. The minimum atomic E-state index is 0.00252. The molecule has 0 saturated carbocycles. The fourth-order valence-corrected chi connectivity index (χ4v) is 2.71. The number of likely N-dealkylation sites (tertiary alicyclic amines) is 1. The molecule has 23 heavy (non-hydrogen) atoms. The summed E-state index contributed by atoms with van der Waals surface area (Å²) in [4.78, 5) is 26.0. The number of nitrogens with one attached hydrogen (secondary N) is 1. The summed E-state index contributed by atoms with van der Waals surface area (Å²) in [6.45, 7) is 5.18. The molecule has 1 aromatic rings. The third kappa shape index (κ3) is 4.98. The van der Waals surface area contributed by atoms with Crippen molar-refractivity contribution in [3.63, 3.8) is 0 Å². The number of piperidine rings is 1. The quantitative estimate of drug-likeness (QED) is 0.903. The van der Waals surface area contributed by atoms with Gasteiger partial charge < -0.3 is 15.0 Å². The predicted molar refractivity (Wildman–Crippen MR) is 89.3 cm³/mol. The van der Waals surface area contributed by atoms with E-state index in [1.165, 1.54) is 0 Å². The zero-order valence-electron chi connectivity index (χ0n) is 14.2. The van der Waals surface area contributed by atoms with Crippen molar-refractivity contribution in [2.45, 2.75) is 39.2 Å². The molecular formula is C18H26N2O3. The van der Waals surface area contributed by atoms with E-state index in [1.807, 2.05) is 43.0 Å². The molecule has 2 rings (SSSR count). The number of hydrogen-bond donors (Lipinski definition) is 1. The number of rotatable bonds is 5. The van der Waals surface area contributed by atoms with Gasteiger partial charge in [-0.2, -0.15) is 0 Å². The van der Waals surface area contributed by atoms with Gasteiger partial charge in [-0.1, -0.05) is 26.0 Å². The summed E-state index contributed by atoms with van der Waals surface area (Å²) in [5.74, 6) is 0.992. The van der Waals surface area contributed by atoms with Crippen molar-refractivity contribution in [3.8, 4) is 5.75 Å². The Morgan fingerprint density at radius 1 is 1.30 bits per heavy atom. The van der Waals surface area contributed by atoms with Crippen molar-refractivity contribution in [1.29, 1.82) is 0 Å². The number of ether oxygens (including phenoxy) is 1. The lowest BCUT2D eigenvalue weighted by atomic mass is 10.0. The number of amides is 2. The number of methoxy groups -OCH3 is 1. The van der Waals surface area contributed by atoms with Gasteiger partial charge in [-0.25, -0.2) is 0 Å². The lowest BCUT2D eigenvalue weighted by Crippen LogP contribution is -2.47. The van der Waals surface area contributed by atoms with E-state index >= 15 is 0 Å². The Hall–Kier alpha value is -2.04. The van der Waals surface area contributed by atoms with Gasteiger partial charge in [0.2, 0.25) is 11.8 Å². The molecule has 0 aliphatic carbocycles. The molecule has 2 amide bonds. The summed E-state index contributed by atoms with van der Waals surface area (Å²) < 4.78 is 5.19. The molecule has 126 valence electrons. The van der Waals surface area contributed by atoms with E-state index in [0.717, 1.165) is 24.2 Å². The summed E-state index contributed by atoms with van der Waals surface area (Å²) in [6, 6.07) is 7.79. The SMILES string of the molecule is COc1cccc(CC(=O)N2CCC(NC(=O)C(C)C)CC2)c1. The van der Waals surface area contributed by atoms with Crippen LogP contribution >= 0.6 is 0 Å². The van der Waals surface area contributed by atoms with Crippen LogP contribution in [0.3, 0.4) is 0 Å². The Morgan fingerprint density at radius 2 is 2.00 bits per heavy atom. The summed E-state index contributed by atoms with van der Waals surface area (Å²) in [5.41, 5.74) is 0.963. The molecule has 1 fully saturated rings. The van der Waals surface area contributed by atoms with Gasteiger partial charge in [0.15, 0.2) is 0 Å². The largest absolute Gasteiger partial charge is 0.497 e. The second-order valence-electron chi connectivity index (χ2n) is 6.35. The zero-order valence-corrected chi connectivity index (χ0v) is 14.2. The van der Waals surface area contributed by atoms with E-state index in [1.54, 1.807) is 7.11 Å². The first-order valence-corrected chi connectivity index (χ1v) is 8.20. The van der Waals surface area contributed by atoms with Gasteiger partial charge in [-0.3, -0.25) is 9.59 Å². The van der Waals surface area contributed by atoms with E-state index in [0.29, 0.717) is 19.5 Å². The Labute approximate surface area is 138 Å². The van der Waals surface area contributed by atoms with E-state index in [-0.39, 0.29) is 23.8 Å². The number of benzene rings is 1. The van der Waals surface area contributed by atoms with Gasteiger partial charge >= 0.3 is 0 Å². The van der Waals surface area contributed by atoms with Crippen LogP contribution in [0.25, 0.3) is 0 Å². The van der Waals surface area contributed by atoms with Crippen molar-refractivity contribution in [2.75, 3.05) is 20.2 Å². The van der Waals surface area contributed by atoms with Crippen LogP contribution in [-0.4, -0.2) is 43.0 Å². The normalized spacial score (nSPS) is 15.6. The average molecular weight is 318 g/mol. The number of carbonyl (C=O) groups is 2. The molecule has 1 aromatic carbocycles. The first-order chi connectivity index (χ1) is 11.0. The second-order valence-corrected chi connectivity index (χ2v) is 6.35. The van der Waals surface area contributed by atoms with Gasteiger partial charge in [0.05, 0.1) is 13.5 Å². The van der Waals surface area contributed by atoms with Gasteiger partial charge in [-0.05, 0) is 30.5 Å². The van der Waals surface area contributed by atoms with Crippen molar-refractivity contribution < 1.29 is 14.3 Å². The molecule has 0 atom stereocenters. The van der Waals surface area contributed by atoms with E-state index < -0.39 is 0 Å². The molecule has 1 aliphatic heterocycles. The van der Waals surface area contributed by atoms with Crippen LogP contribution < -0.4 is 10.1 Å². The standard InChI is InChI=1S/C18H26N2O3/c1-13(2)18(22)19-15-7-9-20(10-8-15)17(21)12-14-5-4-6-16(11-14)23-3/h4-6,11,13,15H,7-10,12H2,1-3H3,(H,19,22). The van der Waals surface area contributed by atoms with E-state index in [9.17, 15) is 9.59 Å². The molecule has 5 nitrogen and oxygen atoms in total. The highest BCUT2D eigenvalue weighted by Crippen LogP contribution is 2.16. The second kappa shape index (κ2) is 7.99. The fourth-order valence-electron chi connectivity index (χ4n) is 2.71. The van der Waals surface area contributed by atoms with Crippen LogP contribution in [0.1, 0.15) is 32.3 Å². The van der Waals surface area contributed by atoms with Gasteiger partial charge in [0.25, 0.3) is 0 Å². The topological polar surface area (TPSA) is 58.6 Å². The minimum Gasteiger partial charge on any atom is -0.497 e. The maximum atomic E-state index is 12.4. The third-order valence-electron chi connectivity index (χ3n) is 4.21. The van der Waals surface area contributed by atoms with Crippen molar-refractivity contribution in [1.82, 2.24) is 10.2 Å². The molecule has 0 spiro atoms. The molecule has 0 aromatic heterocycles. The summed E-state index contributed by atoms with van der Waals surface area (Å²) in [5, 5.41) is 3.05. The maximum absolute atomic E-state index is 12.4. The fraction of sp³-hybridized carbons (Fsp3) is 0.556. The first kappa shape index (κ1) is 17.3. The molecule has 0 radical (unpaired) electrons. The van der Waals surface area contributed by atoms with Crippen LogP contribution in [0.4, 0.5) is 0 Å². The van der Waals surface area contributed by atoms with Crippen LogP contribution in [0.15, 0.2) is 24.3 Å². The lowest BCUT2D eigenvalue weighted by molar-refractivity contribution is -0.131. The Morgan fingerprint density at radius 3 is 2.61 bits per heavy atom. The Bertz CT molecular complexity index is 549. The van der Waals surface area contributed by atoms with Crippen molar-refractivity contribution in [3.05, 3.63) is 29.8 Å². The first-order valence-electron chi connectivity index (χ1n) is 8.20. The van der Waals surface area contributed by atoms with Gasteiger partial charge in [-0.15, -0.1) is 0 Å². The molecule has 1 saturated heterocycles. The molecule has 1 heterocycles. The van der Waals surface area contributed by atoms with Gasteiger partial charge in [0, 0.05) is 25.0 Å². The number of carbonyl (C=O) groups excluding carboxylic acids is 2. The van der Waals surface area contributed by atoms with Crippen molar-refractivity contribution >= 4 is 11.8 Å². The molecule has 0 bridgehead atoms. The Balaban J connectivity index is 1.82. The summed E-state index contributed by atoms with van der Waals surface area (Å²) in [7, 11) is 1.62. The van der Waals surface area contributed by atoms with E-state index in [2.05, 4.69) is 5.32 Å². The van der Waals surface area contributed by atoms with E-state index in [4.69, 9.17) is 4.74 Å². The van der Waals surface area contributed by atoms with Crippen LogP contribution in [0.5, 0.6) is 5.75 Å². The highest BCUT2D eigenvalue weighted by molar-refractivity contribution is 5.79.